The SMILES string of the molecule is CCCC(=O)NCCCCCc1nc2ccccc2n1Cc1c(C)c(C)cc(C)c1C. The van der Waals surface area contributed by atoms with Gasteiger partial charge in [0.05, 0.1) is 11.0 Å². The Morgan fingerprint density at radius 2 is 1.71 bits per heavy atom. The molecule has 1 N–H and O–H groups in total. The zero-order valence-electron chi connectivity index (χ0n) is 19.8. The van der Waals surface area contributed by atoms with Crippen molar-refractivity contribution in [3.8, 4) is 0 Å². The Hall–Kier alpha value is -2.62. The van der Waals surface area contributed by atoms with Crippen LogP contribution >= 0.6 is 0 Å². The molecule has 0 saturated heterocycles. The summed E-state index contributed by atoms with van der Waals surface area (Å²) in [5.41, 5.74) is 9.18. The lowest BCUT2D eigenvalue weighted by Gasteiger charge is -2.18. The molecule has 3 rings (SSSR count). The van der Waals surface area contributed by atoms with Crippen LogP contribution in [0.5, 0.6) is 0 Å². The van der Waals surface area contributed by atoms with Crippen molar-refractivity contribution in [3.05, 3.63) is 64.0 Å². The monoisotopic (exact) mass is 419 g/mol. The predicted octanol–water partition coefficient (Wildman–Crippen LogP) is 5.95. The van der Waals surface area contributed by atoms with E-state index in [0.717, 1.165) is 56.5 Å². The topological polar surface area (TPSA) is 46.9 Å². The molecule has 166 valence electrons. The minimum absolute atomic E-state index is 0.170. The maximum atomic E-state index is 11.6. The smallest absolute Gasteiger partial charge is 0.219 e. The molecule has 0 atom stereocenters. The Kier molecular flexibility index (Phi) is 7.89. The molecule has 3 aromatic rings. The highest BCUT2D eigenvalue weighted by molar-refractivity contribution is 5.76. The minimum Gasteiger partial charge on any atom is -0.356 e. The fraction of sp³-hybridized carbons (Fsp3) is 0.481. The largest absolute Gasteiger partial charge is 0.356 e. The Morgan fingerprint density at radius 3 is 2.42 bits per heavy atom. The average Bonchev–Trinajstić information content (AvgIpc) is 3.09. The second-order valence-electron chi connectivity index (χ2n) is 8.75. The van der Waals surface area contributed by atoms with Crippen LogP contribution in [0.2, 0.25) is 0 Å². The number of carbonyl (C=O) groups is 1. The number of hydrogen-bond donors (Lipinski definition) is 1. The molecule has 0 aliphatic carbocycles. The van der Waals surface area contributed by atoms with Crippen molar-refractivity contribution in [2.24, 2.45) is 0 Å². The zero-order valence-corrected chi connectivity index (χ0v) is 19.8. The van der Waals surface area contributed by atoms with Gasteiger partial charge in [0.2, 0.25) is 5.91 Å². The molecular weight excluding hydrogens is 382 g/mol. The minimum atomic E-state index is 0.170. The highest BCUT2D eigenvalue weighted by Gasteiger charge is 2.15. The van der Waals surface area contributed by atoms with Crippen LogP contribution in [0.1, 0.15) is 72.7 Å². The molecule has 0 aliphatic heterocycles. The van der Waals surface area contributed by atoms with Gasteiger partial charge < -0.3 is 9.88 Å². The molecule has 1 aromatic heterocycles. The molecule has 0 spiro atoms. The highest BCUT2D eigenvalue weighted by atomic mass is 16.1. The number of unbranched alkanes of at least 4 members (excludes halogenated alkanes) is 2. The first-order valence-electron chi connectivity index (χ1n) is 11.7. The van der Waals surface area contributed by atoms with Crippen LogP contribution in [0.4, 0.5) is 0 Å². The highest BCUT2D eigenvalue weighted by Crippen LogP contribution is 2.26. The number of imidazole rings is 1. The molecular formula is C27H37N3O. The van der Waals surface area contributed by atoms with Gasteiger partial charge in [-0.15, -0.1) is 0 Å². The van der Waals surface area contributed by atoms with E-state index in [1.54, 1.807) is 0 Å². The van der Waals surface area contributed by atoms with E-state index in [1.165, 1.54) is 33.3 Å². The lowest BCUT2D eigenvalue weighted by Crippen LogP contribution is -2.23. The molecule has 2 aromatic carbocycles. The molecule has 4 nitrogen and oxygen atoms in total. The number of para-hydroxylation sites is 2. The van der Waals surface area contributed by atoms with Gasteiger partial charge in [0.25, 0.3) is 0 Å². The van der Waals surface area contributed by atoms with Crippen LogP contribution in [0.3, 0.4) is 0 Å². The molecule has 0 radical (unpaired) electrons. The van der Waals surface area contributed by atoms with Gasteiger partial charge >= 0.3 is 0 Å². The first-order valence-corrected chi connectivity index (χ1v) is 11.7. The van der Waals surface area contributed by atoms with E-state index >= 15 is 0 Å². The average molecular weight is 420 g/mol. The van der Waals surface area contributed by atoms with Crippen molar-refractivity contribution in [1.29, 1.82) is 0 Å². The van der Waals surface area contributed by atoms with E-state index in [9.17, 15) is 4.79 Å². The number of amides is 1. The van der Waals surface area contributed by atoms with Crippen LogP contribution in [0, 0.1) is 27.7 Å². The summed E-state index contributed by atoms with van der Waals surface area (Å²) in [4.78, 5) is 16.6. The van der Waals surface area contributed by atoms with Gasteiger partial charge in [0, 0.05) is 25.9 Å². The first-order chi connectivity index (χ1) is 14.9. The number of nitrogens with zero attached hydrogens (tertiary/aromatic N) is 2. The van der Waals surface area contributed by atoms with E-state index in [-0.39, 0.29) is 5.91 Å². The Balaban J connectivity index is 1.74. The molecule has 0 aliphatic rings. The Bertz CT molecular complexity index is 1020. The first kappa shape index (κ1) is 23.1. The number of nitrogens with one attached hydrogen (secondary N) is 1. The fourth-order valence-corrected chi connectivity index (χ4v) is 4.31. The molecule has 31 heavy (non-hydrogen) atoms. The van der Waals surface area contributed by atoms with Crippen molar-refractivity contribution in [2.75, 3.05) is 6.54 Å². The summed E-state index contributed by atoms with van der Waals surface area (Å²) in [6, 6.07) is 10.8. The predicted molar refractivity (Wildman–Crippen MR) is 130 cm³/mol. The molecule has 1 heterocycles. The summed E-state index contributed by atoms with van der Waals surface area (Å²) in [7, 11) is 0. The van der Waals surface area contributed by atoms with Gasteiger partial charge in [-0.25, -0.2) is 4.98 Å². The Morgan fingerprint density at radius 1 is 1.00 bits per heavy atom. The third-order valence-corrected chi connectivity index (χ3v) is 6.45. The van der Waals surface area contributed by atoms with E-state index in [4.69, 9.17) is 4.98 Å². The van der Waals surface area contributed by atoms with Gasteiger partial charge in [-0.2, -0.15) is 0 Å². The van der Waals surface area contributed by atoms with Gasteiger partial charge in [0.1, 0.15) is 5.82 Å². The summed E-state index contributed by atoms with van der Waals surface area (Å²) in [6.45, 7) is 12.6. The second-order valence-corrected chi connectivity index (χ2v) is 8.75. The number of benzene rings is 2. The number of aromatic nitrogens is 2. The number of hydrogen-bond acceptors (Lipinski definition) is 2. The maximum Gasteiger partial charge on any atom is 0.219 e. The molecule has 0 saturated carbocycles. The van der Waals surface area contributed by atoms with Crippen molar-refractivity contribution >= 4 is 16.9 Å². The van der Waals surface area contributed by atoms with Crippen LogP contribution in [0.25, 0.3) is 11.0 Å². The van der Waals surface area contributed by atoms with E-state index in [0.29, 0.717) is 6.42 Å². The van der Waals surface area contributed by atoms with Gasteiger partial charge in [-0.1, -0.05) is 31.5 Å². The number of carbonyl (C=O) groups excluding carboxylic acids is 1. The molecule has 1 amide bonds. The van der Waals surface area contributed by atoms with Gasteiger partial charge in [-0.05, 0) is 86.9 Å². The lowest BCUT2D eigenvalue weighted by molar-refractivity contribution is -0.121. The second kappa shape index (κ2) is 10.6. The maximum absolute atomic E-state index is 11.6. The summed E-state index contributed by atoms with van der Waals surface area (Å²) >= 11 is 0. The van der Waals surface area contributed by atoms with Gasteiger partial charge in [0.15, 0.2) is 0 Å². The standard InChI is InChI=1S/C27H37N3O/c1-6-12-27(31)28-16-11-7-8-15-26-29-24-13-9-10-14-25(24)30(26)18-23-21(4)19(2)17-20(3)22(23)5/h9-10,13-14,17H,6-8,11-12,15-16,18H2,1-5H3,(H,28,31). The number of aryl methyl sites for hydroxylation is 3. The third kappa shape index (κ3) is 5.55. The van der Waals surface area contributed by atoms with Crippen LogP contribution in [-0.4, -0.2) is 22.0 Å². The van der Waals surface area contributed by atoms with E-state index < -0.39 is 0 Å². The zero-order chi connectivity index (χ0) is 22.4. The van der Waals surface area contributed by atoms with Gasteiger partial charge in [-0.3, -0.25) is 4.79 Å². The quantitative estimate of drug-likeness (QED) is 0.413. The summed E-state index contributed by atoms with van der Waals surface area (Å²) in [5.74, 6) is 1.33. The van der Waals surface area contributed by atoms with Crippen LogP contribution in [-0.2, 0) is 17.8 Å². The number of rotatable bonds is 10. The summed E-state index contributed by atoms with van der Waals surface area (Å²) in [5, 5.41) is 3.01. The molecule has 0 bridgehead atoms. The van der Waals surface area contributed by atoms with E-state index in [2.05, 4.69) is 67.9 Å². The summed E-state index contributed by atoms with van der Waals surface area (Å²) < 4.78 is 2.41. The lowest BCUT2D eigenvalue weighted by atomic mass is 9.94. The number of fused-ring (bicyclic) bond motifs is 1. The van der Waals surface area contributed by atoms with Crippen molar-refractivity contribution < 1.29 is 4.79 Å². The van der Waals surface area contributed by atoms with Crippen molar-refractivity contribution in [3.63, 3.8) is 0 Å². The van der Waals surface area contributed by atoms with Crippen molar-refractivity contribution in [1.82, 2.24) is 14.9 Å². The van der Waals surface area contributed by atoms with E-state index in [1.807, 2.05) is 6.92 Å². The third-order valence-electron chi connectivity index (χ3n) is 6.45. The summed E-state index contributed by atoms with van der Waals surface area (Å²) in [6.07, 6.45) is 5.68. The van der Waals surface area contributed by atoms with Crippen LogP contribution < -0.4 is 5.32 Å². The van der Waals surface area contributed by atoms with Crippen LogP contribution in [0.15, 0.2) is 30.3 Å². The molecule has 0 fully saturated rings. The molecule has 0 unspecified atom stereocenters. The molecule has 4 heteroatoms. The Labute approximate surface area is 187 Å². The normalized spacial score (nSPS) is 11.3. The van der Waals surface area contributed by atoms with Crippen molar-refractivity contribution in [2.45, 2.75) is 79.7 Å². The fourth-order valence-electron chi connectivity index (χ4n) is 4.31.